The predicted octanol–water partition coefficient (Wildman–Crippen LogP) is 0.581. The van der Waals surface area contributed by atoms with Crippen molar-refractivity contribution < 1.29 is 14.3 Å². The fraction of sp³-hybridized carbons (Fsp3) is 0.846. The minimum absolute atomic E-state index is 0.000136. The number of ether oxygens (including phenoxy) is 1. The van der Waals surface area contributed by atoms with Crippen molar-refractivity contribution in [3.8, 4) is 0 Å². The summed E-state index contributed by atoms with van der Waals surface area (Å²) in [6.45, 7) is 3.97. The monoisotopic (exact) mass is 256 g/mol. The van der Waals surface area contributed by atoms with Crippen molar-refractivity contribution in [2.45, 2.75) is 44.7 Å². The summed E-state index contributed by atoms with van der Waals surface area (Å²) in [6, 6.07) is -0.332. The Bertz CT molecular complexity index is 271. The first-order chi connectivity index (χ1) is 8.70. The molecule has 0 aromatic rings. The minimum Gasteiger partial charge on any atom is -0.385 e. The highest BCUT2D eigenvalue weighted by atomic mass is 16.5. The maximum Gasteiger partial charge on any atom is 0.237 e. The summed E-state index contributed by atoms with van der Waals surface area (Å²) >= 11 is 0. The molecule has 0 aromatic carbocycles. The van der Waals surface area contributed by atoms with Gasteiger partial charge in [-0.3, -0.25) is 9.69 Å². The fourth-order valence-electron chi connectivity index (χ4n) is 2.33. The highest BCUT2D eigenvalue weighted by Crippen LogP contribution is 2.18. The third-order valence-electron chi connectivity index (χ3n) is 3.45. The van der Waals surface area contributed by atoms with E-state index in [1.54, 1.807) is 7.11 Å². The van der Waals surface area contributed by atoms with E-state index in [2.05, 4.69) is 5.32 Å². The van der Waals surface area contributed by atoms with Crippen LogP contribution in [0.1, 0.15) is 32.6 Å². The smallest absolute Gasteiger partial charge is 0.237 e. The van der Waals surface area contributed by atoms with E-state index >= 15 is 0 Å². The molecule has 1 saturated heterocycles. The van der Waals surface area contributed by atoms with Crippen LogP contribution in [0.4, 0.5) is 0 Å². The lowest BCUT2D eigenvalue weighted by Crippen LogP contribution is -2.52. The van der Waals surface area contributed by atoms with E-state index in [-0.39, 0.29) is 18.0 Å². The molecule has 0 saturated carbocycles. The van der Waals surface area contributed by atoms with Crippen LogP contribution in [0.2, 0.25) is 0 Å². The summed E-state index contributed by atoms with van der Waals surface area (Å²) in [5.74, 6) is -0.000136. The Balaban J connectivity index is 2.38. The molecule has 1 heterocycles. The number of aldehydes is 1. The van der Waals surface area contributed by atoms with Gasteiger partial charge in [0.1, 0.15) is 6.29 Å². The number of hydrogen-bond acceptors (Lipinski definition) is 4. The normalized spacial score (nSPS) is 22.4. The number of carbonyl (C=O) groups excluding carboxylic acids is 2. The van der Waals surface area contributed by atoms with E-state index in [1.807, 2.05) is 11.8 Å². The number of nitrogens with one attached hydrogen (secondary N) is 1. The van der Waals surface area contributed by atoms with Crippen LogP contribution < -0.4 is 5.32 Å². The van der Waals surface area contributed by atoms with E-state index in [4.69, 9.17) is 4.74 Å². The number of hydrogen-bond donors (Lipinski definition) is 1. The molecule has 0 bridgehead atoms. The second kappa shape index (κ2) is 8.21. The number of likely N-dealkylation sites (tertiary alicyclic amines) is 1. The Labute approximate surface area is 109 Å². The average Bonchev–Trinajstić information content (AvgIpc) is 2.42. The van der Waals surface area contributed by atoms with Crippen LogP contribution in [0.3, 0.4) is 0 Å². The molecule has 104 valence electrons. The van der Waals surface area contributed by atoms with Crippen molar-refractivity contribution in [2.24, 2.45) is 0 Å². The summed E-state index contributed by atoms with van der Waals surface area (Å²) in [5.41, 5.74) is 0. The van der Waals surface area contributed by atoms with Crippen LogP contribution in [-0.2, 0) is 14.3 Å². The molecule has 2 atom stereocenters. The quantitative estimate of drug-likeness (QED) is 0.535. The second-order valence-corrected chi connectivity index (χ2v) is 4.75. The zero-order valence-corrected chi connectivity index (χ0v) is 11.4. The zero-order chi connectivity index (χ0) is 13.4. The molecule has 0 spiro atoms. The lowest BCUT2D eigenvalue weighted by Gasteiger charge is -2.36. The maximum absolute atomic E-state index is 12.0. The highest BCUT2D eigenvalue weighted by molar-refractivity contribution is 5.81. The molecule has 5 nitrogen and oxygen atoms in total. The predicted molar refractivity (Wildman–Crippen MR) is 69.4 cm³/mol. The molecule has 2 unspecified atom stereocenters. The molecule has 5 heteroatoms. The van der Waals surface area contributed by atoms with Crippen molar-refractivity contribution >= 4 is 12.2 Å². The first kappa shape index (κ1) is 15.1. The van der Waals surface area contributed by atoms with Crippen LogP contribution in [0.15, 0.2) is 0 Å². The first-order valence-corrected chi connectivity index (χ1v) is 6.68. The average molecular weight is 256 g/mol. The van der Waals surface area contributed by atoms with Gasteiger partial charge in [0.2, 0.25) is 5.91 Å². The van der Waals surface area contributed by atoms with E-state index in [1.165, 1.54) is 0 Å². The number of amides is 1. The van der Waals surface area contributed by atoms with Gasteiger partial charge in [0, 0.05) is 20.3 Å². The molecule has 0 radical (unpaired) electrons. The molecule has 18 heavy (non-hydrogen) atoms. The number of carbonyl (C=O) groups is 2. The van der Waals surface area contributed by atoms with Gasteiger partial charge < -0.3 is 14.8 Å². The molecule has 0 aromatic heterocycles. The second-order valence-electron chi connectivity index (χ2n) is 4.75. The maximum atomic E-state index is 12.0. The van der Waals surface area contributed by atoms with Gasteiger partial charge >= 0.3 is 0 Å². The van der Waals surface area contributed by atoms with E-state index < -0.39 is 0 Å². The third kappa shape index (κ3) is 4.38. The van der Waals surface area contributed by atoms with Crippen LogP contribution in [-0.4, -0.2) is 56.0 Å². The summed E-state index contributed by atoms with van der Waals surface area (Å²) in [4.78, 5) is 25.0. The van der Waals surface area contributed by atoms with Crippen LogP contribution >= 0.6 is 0 Å². The summed E-state index contributed by atoms with van der Waals surface area (Å²) < 4.78 is 4.93. The summed E-state index contributed by atoms with van der Waals surface area (Å²) in [5, 5.41) is 2.88. The van der Waals surface area contributed by atoms with Crippen LogP contribution in [0.25, 0.3) is 0 Å². The van der Waals surface area contributed by atoms with Gasteiger partial charge in [-0.05, 0) is 32.7 Å². The van der Waals surface area contributed by atoms with Gasteiger partial charge in [-0.15, -0.1) is 0 Å². The zero-order valence-electron chi connectivity index (χ0n) is 11.4. The van der Waals surface area contributed by atoms with Gasteiger partial charge in [0.05, 0.1) is 12.1 Å². The van der Waals surface area contributed by atoms with Crippen molar-refractivity contribution in [1.82, 2.24) is 10.2 Å². The Morgan fingerprint density at radius 2 is 2.33 bits per heavy atom. The molecule has 1 aliphatic rings. The number of nitrogens with zero attached hydrogens (tertiary/aromatic N) is 1. The third-order valence-corrected chi connectivity index (χ3v) is 3.45. The van der Waals surface area contributed by atoms with Gasteiger partial charge in [-0.25, -0.2) is 0 Å². The minimum atomic E-state index is -0.233. The van der Waals surface area contributed by atoms with Crippen molar-refractivity contribution in [3.63, 3.8) is 0 Å². The standard InChI is InChI=1S/C13H24N2O3/c1-11(13(17)14-7-5-9-18-2)15-8-4-3-6-12(15)10-16/h10-12H,3-9H2,1-2H3,(H,14,17). The summed E-state index contributed by atoms with van der Waals surface area (Å²) in [6.07, 6.45) is 4.78. The van der Waals surface area contributed by atoms with Gasteiger partial charge in [0.15, 0.2) is 0 Å². The van der Waals surface area contributed by atoms with Gasteiger partial charge in [-0.1, -0.05) is 6.42 Å². The van der Waals surface area contributed by atoms with Crippen molar-refractivity contribution in [1.29, 1.82) is 0 Å². The molecule has 1 N–H and O–H groups in total. The Kier molecular flexibility index (Phi) is 6.90. The number of piperidine rings is 1. The highest BCUT2D eigenvalue weighted by Gasteiger charge is 2.29. The number of methoxy groups -OCH3 is 1. The molecule has 1 rings (SSSR count). The molecule has 1 amide bonds. The number of rotatable bonds is 7. The topological polar surface area (TPSA) is 58.6 Å². The van der Waals surface area contributed by atoms with Crippen LogP contribution in [0, 0.1) is 0 Å². The van der Waals surface area contributed by atoms with Gasteiger partial charge in [0.25, 0.3) is 0 Å². The van der Waals surface area contributed by atoms with E-state index in [0.717, 1.165) is 38.5 Å². The molecule has 1 fully saturated rings. The molecular formula is C13H24N2O3. The summed E-state index contributed by atoms with van der Waals surface area (Å²) in [7, 11) is 1.65. The van der Waals surface area contributed by atoms with Gasteiger partial charge in [-0.2, -0.15) is 0 Å². The fourth-order valence-corrected chi connectivity index (χ4v) is 2.33. The van der Waals surface area contributed by atoms with Crippen molar-refractivity contribution in [2.75, 3.05) is 26.8 Å². The lowest BCUT2D eigenvalue weighted by atomic mass is 10.0. The Morgan fingerprint density at radius 3 is 3.00 bits per heavy atom. The molecule has 1 aliphatic heterocycles. The lowest BCUT2D eigenvalue weighted by molar-refractivity contribution is -0.128. The SMILES string of the molecule is COCCCNC(=O)C(C)N1CCCCC1C=O. The van der Waals surface area contributed by atoms with E-state index in [9.17, 15) is 9.59 Å². The Hall–Kier alpha value is -0.940. The van der Waals surface area contributed by atoms with E-state index in [0.29, 0.717) is 13.2 Å². The molecular weight excluding hydrogens is 232 g/mol. The Morgan fingerprint density at radius 1 is 1.56 bits per heavy atom. The van der Waals surface area contributed by atoms with Crippen LogP contribution in [0.5, 0.6) is 0 Å². The molecule has 0 aliphatic carbocycles. The van der Waals surface area contributed by atoms with Crippen molar-refractivity contribution in [3.05, 3.63) is 0 Å². The largest absolute Gasteiger partial charge is 0.385 e. The first-order valence-electron chi connectivity index (χ1n) is 6.68.